The fraction of sp³-hybridized carbons (Fsp3) is 0.600. The molecule has 1 aliphatic rings. The number of aliphatic hydroxyl groups is 1. The van der Waals surface area contributed by atoms with Gasteiger partial charge in [-0.2, -0.15) is 0 Å². The van der Waals surface area contributed by atoms with Gasteiger partial charge in [0, 0.05) is 24.9 Å². The molecule has 0 radical (unpaired) electrons. The molecule has 0 saturated carbocycles. The van der Waals surface area contributed by atoms with Crippen LogP contribution in [-0.2, 0) is 6.42 Å². The molecule has 1 atom stereocenters. The summed E-state index contributed by atoms with van der Waals surface area (Å²) >= 11 is 0. The molecule has 1 aromatic heterocycles. The molecular formula is C15H22N2O3. The molecule has 0 spiro atoms. The summed E-state index contributed by atoms with van der Waals surface area (Å²) < 4.78 is 0. The number of hydrogen-bond donors (Lipinski definition) is 2. The third-order valence-electron chi connectivity index (χ3n) is 3.86. The fourth-order valence-electron chi connectivity index (χ4n) is 2.77. The first-order valence-corrected chi connectivity index (χ1v) is 7.27. The van der Waals surface area contributed by atoms with E-state index in [4.69, 9.17) is 0 Å². The van der Waals surface area contributed by atoms with Crippen LogP contribution in [0.3, 0.4) is 0 Å². The van der Waals surface area contributed by atoms with Crippen LogP contribution in [-0.4, -0.2) is 40.4 Å². The standard InChI is InChI=1S/C15H22N2O3/c1-2-12-9-11(15(19)20)10-14(16-12)17-7-4-3-5-13(17)6-8-18/h9-10,13,18H,2-8H2,1H3,(H,19,20). The Morgan fingerprint density at radius 1 is 1.45 bits per heavy atom. The van der Waals surface area contributed by atoms with Gasteiger partial charge in [0.15, 0.2) is 0 Å². The lowest BCUT2D eigenvalue weighted by atomic mass is 9.99. The number of aromatic nitrogens is 1. The Bertz CT molecular complexity index is 474. The minimum Gasteiger partial charge on any atom is -0.478 e. The molecule has 1 fully saturated rings. The summed E-state index contributed by atoms with van der Waals surface area (Å²) in [6, 6.07) is 3.54. The van der Waals surface area contributed by atoms with Crippen LogP contribution >= 0.6 is 0 Å². The van der Waals surface area contributed by atoms with Gasteiger partial charge in [-0.05, 0) is 44.2 Å². The first-order chi connectivity index (χ1) is 9.65. The van der Waals surface area contributed by atoms with Crippen molar-refractivity contribution in [2.75, 3.05) is 18.1 Å². The van der Waals surface area contributed by atoms with Crippen LogP contribution < -0.4 is 4.90 Å². The molecule has 0 amide bonds. The Morgan fingerprint density at radius 2 is 2.25 bits per heavy atom. The Labute approximate surface area is 119 Å². The minimum absolute atomic E-state index is 0.153. The van der Waals surface area contributed by atoms with Crippen molar-refractivity contribution in [3.63, 3.8) is 0 Å². The van der Waals surface area contributed by atoms with Crippen LogP contribution in [0.5, 0.6) is 0 Å². The molecule has 2 heterocycles. The van der Waals surface area contributed by atoms with Crippen molar-refractivity contribution < 1.29 is 15.0 Å². The number of hydrogen-bond acceptors (Lipinski definition) is 4. The number of carboxylic acid groups (broad SMARTS) is 1. The number of nitrogens with zero attached hydrogens (tertiary/aromatic N) is 2. The summed E-state index contributed by atoms with van der Waals surface area (Å²) in [6.45, 7) is 3.00. The topological polar surface area (TPSA) is 73.7 Å². The number of carboxylic acids is 1. The lowest BCUT2D eigenvalue weighted by molar-refractivity contribution is 0.0696. The van der Waals surface area contributed by atoms with E-state index >= 15 is 0 Å². The summed E-state index contributed by atoms with van der Waals surface area (Å²) in [6.07, 6.45) is 4.69. The first-order valence-electron chi connectivity index (χ1n) is 7.27. The zero-order valence-electron chi connectivity index (χ0n) is 11.9. The summed E-state index contributed by atoms with van der Waals surface area (Å²) in [5.74, 6) is -0.182. The number of pyridine rings is 1. The van der Waals surface area contributed by atoms with Gasteiger partial charge in [-0.3, -0.25) is 0 Å². The van der Waals surface area contributed by atoms with Gasteiger partial charge in [0.2, 0.25) is 0 Å². The van der Waals surface area contributed by atoms with Gasteiger partial charge in [-0.15, -0.1) is 0 Å². The Hall–Kier alpha value is -1.62. The highest BCUT2D eigenvalue weighted by atomic mass is 16.4. The van der Waals surface area contributed by atoms with Crippen molar-refractivity contribution in [1.82, 2.24) is 4.98 Å². The number of carbonyl (C=O) groups is 1. The van der Waals surface area contributed by atoms with Crippen molar-refractivity contribution in [3.8, 4) is 0 Å². The number of piperidine rings is 1. The van der Waals surface area contributed by atoms with Crippen molar-refractivity contribution in [2.45, 2.75) is 45.1 Å². The molecule has 1 aromatic rings. The van der Waals surface area contributed by atoms with E-state index < -0.39 is 5.97 Å². The van der Waals surface area contributed by atoms with E-state index in [1.165, 1.54) is 0 Å². The zero-order chi connectivity index (χ0) is 14.5. The molecule has 1 unspecified atom stereocenters. The quantitative estimate of drug-likeness (QED) is 0.862. The van der Waals surface area contributed by atoms with Crippen LogP contribution in [0.2, 0.25) is 0 Å². The molecule has 5 nitrogen and oxygen atoms in total. The van der Waals surface area contributed by atoms with Gasteiger partial charge in [0.1, 0.15) is 5.82 Å². The summed E-state index contributed by atoms with van der Waals surface area (Å²) in [5.41, 5.74) is 1.09. The van der Waals surface area contributed by atoms with Gasteiger partial charge < -0.3 is 15.1 Å². The average Bonchev–Trinajstić information content (AvgIpc) is 2.47. The zero-order valence-corrected chi connectivity index (χ0v) is 11.9. The van der Waals surface area contributed by atoms with Gasteiger partial charge in [-0.25, -0.2) is 9.78 Å². The highest BCUT2D eigenvalue weighted by Crippen LogP contribution is 2.26. The summed E-state index contributed by atoms with van der Waals surface area (Å²) in [5, 5.41) is 18.4. The molecule has 2 rings (SSSR count). The Kier molecular flexibility index (Phi) is 4.95. The number of anilines is 1. The molecular weight excluding hydrogens is 256 g/mol. The molecule has 20 heavy (non-hydrogen) atoms. The van der Waals surface area contributed by atoms with E-state index in [0.717, 1.165) is 37.3 Å². The normalized spacial score (nSPS) is 19.1. The van der Waals surface area contributed by atoms with Crippen LogP contribution in [0.1, 0.15) is 48.7 Å². The molecule has 2 N–H and O–H groups in total. The van der Waals surface area contributed by atoms with Crippen LogP contribution in [0.15, 0.2) is 12.1 Å². The van der Waals surface area contributed by atoms with E-state index in [1.807, 2.05) is 6.92 Å². The molecule has 0 aromatic carbocycles. The smallest absolute Gasteiger partial charge is 0.335 e. The van der Waals surface area contributed by atoms with E-state index in [-0.39, 0.29) is 12.6 Å². The second kappa shape index (κ2) is 6.70. The second-order valence-electron chi connectivity index (χ2n) is 5.22. The monoisotopic (exact) mass is 278 g/mol. The highest BCUT2D eigenvalue weighted by Gasteiger charge is 2.24. The number of aliphatic hydroxyl groups excluding tert-OH is 1. The average molecular weight is 278 g/mol. The first kappa shape index (κ1) is 14.8. The molecule has 1 aliphatic heterocycles. The molecule has 5 heteroatoms. The third-order valence-corrected chi connectivity index (χ3v) is 3.86. The second-order valence-corrected chi connectivity index (χ2v) is 5.22. The van der Waals surface area contributed by atoms with E-state index in [2.05, 4.69) is 9.88 Å². The maximum atomic E-state index is 11.2. The maximum Gasteiger partial charge on any atom is 0.335 e. The van der Waals surface area contributed by atoms with Crippen molar-refractivity contribution in [3.05, 3.63) is 23.4 Å². The van der Waals surface area contributed by atoms with Crippen molar-refractivity contribution in [2.24, 2.45) is 0 Å². The number of aromatic carboxylic acids is 1. The number of rotatable bonds is 5. The van der Waals surface area contributed by atoms with Gasteiger partial charge in [0.05, 0.1) is 5.56 Å². The largest absolute Gasteiger partial charge is 0.478 e. The SMILES string of the molecule is CCc1cc(C(=O)O)cc(N2CCCCC2CCO)n1. The summed E-state index contributed by atoms with van der Waals surface area (Å²) in [4.78, 5) is 18.0. The molecule has 0 bridgehead atoms. The molecule has 110 valence electrons. The van der Waals surface area contributed by atoms with E-state index in [1.54, 1.807) is 12.1 Å². The van der Waals surface area contributed by atoms with E-state index in [9.17, 15) is 15.0 Å². The van der Waals surface area contributed by atoms with Crippen LogP contribution in [0.4, 0.5) is 5.82 Å². The predicted molar refractivity (Wildman–Crippen MR) is 77.3 cm³/mol. The minimum atomic E-state index is -0.918. The van der Waals surface area contributed by atoms with Crippen LogP contribution in [0.25, 0.3) is 0 Å². The van der Waals surface area contributed by atoms with Gasteiger partial charge in [-0.1, -0.05) is 6.92 Å². The Morgan fingerprint density at radius 3 is 2.90 bits per heavy atom. The van der Waals surface area contributed by atoms with Crippen LogP contribution in [0, 0.1) is 0 Å². The van der Waals surface area contributed by atoms with Crippen molar-refractivity contribution in [1.29, 1.82) is 0 Å². The molecule has 0 aliphatic carbocycles. The lowest BCUT2D eigenvalue weighted by Crippen LogP contribution is -2.40. The third kappa shape index (κ3) is 3.28. The summed E-state index contributed by atoms with van der Waals surface area (Å²) in [7, 11) is 0. The Balaban J connectivity index is 2.33. The van der Waals surface area contributed by atoms with Crippen molar-refractivity contribution >= 4 is 11.8 Å². The maximum absolute atomic E-state index is 11.2. The molecule has 1 saturated heterocycles. The van der Waals surface area contributed by atoms with Gasteiger partial charge in [0.25, 0.3) is 0 Å². The highest BCUT2D eigenvalue weighted by molar-refractivity contribution is 5.88. The fourth-order valence-corrected chi connectivity index (χ4v) is 2.77. The van der Waals surface area contributed by atoms with E-state index in [0.29, 0.717) is 18.4 Å². The number of aryl methyl sites for hydroxylation is 1. The predicted octanol–water partition coefficient (Wildman–Crippen LogP) is 2.08. The van der Waals surface area contributed by atoms with Gasteiger partial charge >= 0.3 is 5.97 Å². The lowest BCUT2D eigenvalue weighted by Gasteiger charge is -2.36.